The number of nitrogens with zero attached hydrogens (tertiary/aromatic N) is 3. The second-order valence-electron chi connectivity index (χ2n) is 9.91. The van der Waals surface area contributed by atoms with Crippen molar-refractivity contribution >= 4 is 29.3 Å². The van der Waals surface area contributed by atoms with Crippen LogP contribution in [-0.4, -0.2) is 55.8 Å². The Bertz CT molecular complexity index is 1950. The minimum absolute atomic E-state index is 0.208. The molecule has 0 bridgehead atoms. The molecule has 1 aliphatic heterocycles. The molecular formula is C33H33N3O7S. The molecule has 1 atom stereocenters. The van der Waals surface area contributed by atoms with Gasteiger partial charge < -0.3 is 23.5 Å². The largest absolute Gasteiger partial charge is 0.497 e. The molecule has 0 radical (unpaired) electrons. The lowest BCUT2D eigenvalue weighted by Crippen LogP contribution is -2.43. The topological polar surface area (TPSA) is 113 Å². The fraction of sp³-hybridized carbons (Fsp3) is 0.273. The average Bonchev–Trinajstić information content (AvgIpc) is 3.63. The van der Waals surface area contributed by atoms with Crippen molar-refractivity contribution in [1.29, 1.82) is 0 Å². The Morgan fingerprint density at radius 3 is 2.48 bits per heavy atom. The number of benzene rings is 2. The maximum Gasteiger partial charge on any atom is 0.338 e. The molecule has 1 aliphatic rings. The number of aromatic nitrogens is 1. The highest BCUT2D eigenvalue weighted by Gasteiger charge is 2.36. The summed E-state index contributed by atoms with van der Waals surface area (Å²) in [6.07, 6.45) is 1.64. The second-order valence-corrected chi connectivity index (χ2v) is 10.9. The number of allylic oxidation sites excluding steroid dienone is 1. The molecule has 0 fully saturated rings. The van der Waals surface area contributed by atoms with E-state index in [4.69, 9.17) is 23.6 Å². The molecule has 0 unspecified atom stereocenters. The number of fused-ring (bicyclic) bond motifs is 1. The Kier molecular flexibility index (Phi) is 8.86. The number of ether oxygens (including phenoxy) is 3. The van der Waals surface area contributed by atoms with Gasteiger partial charge in [0.05, 0.1) is 42.7 Å². The molecule has 0 saturated carbocycles. The van der Waals surface area contributed by atoms with Crippen LogP contribution in [0.15, 0.2) is 80.1 Å². The van der Waals surface area contributed by atoms with Crippen molar-refractivity contribution in [2.24, 2.45) is 4.99 Å². The summed E-state index contributed by atoms with van der Waals surface area (Å²) in [5, 5.41) is 0. The molecule has 0 aliphatic carbocycles. The average molecular weight is 616 g/mol. The van der Waals surface area contributed by atoms with Gasteiger partial charge in [-0.2, -0.15) is 0 Å². The molecule has 0 spiro atoms. The Balaban J connectivity index is 1.69. The maximum absolute atomic E-state index is 14.2. The van der Waals surface area contributed by atoms with E-state index in [1.807, 2.05) is 13.8 Å². The summed E-state index contributed by atoms with van der Waals surface area (Å²) >= 11 is 1.20. The summed E-state index contributed by atoms with van der Waals surface area (Å²) in [5.41, 5.74) is 2.10. The molecule has 2 aromatic heterocycles. The van der Waals surface area contributed by atoms with Gasteiger partial charge in [0.15, 0.2) is 4.80 Å². The number of methoxy groups -OCH3 is 3. The van der Waals surface area contributed by atoms with Gasteiger partial charge >= 0.3 is 5.97 Å². The van der Waals surface area contributed by atoms with E-state index in [2.05, 4.69) is 0 Å². The van der Waals surface area contributed by atoms with Crippen molar-refractivity contribution in [3.05, 3.63) is 102 Å². The molecule has 228 valence electrons. The van der Waals surface area contributed by atoms with Gasteiger partial charge in [-0.25, -0.2) is 9.79 Å². The lowest BCUT2D eigenvalue weighted by molar-refractivity contribution is -0.127. The Hall–Kier alpha value is -4.90. The first-order valence-corrected chi connectivity index (χ1v) is 14.9. The highest BCUT2D eigenvalue weighted by atomic mass is 32.1. The first-order valence-electron chi connectivity index (χ1n) is 14.1. The van der Waals surface area contributed by atoms with Crippen LogP contribution < -0.4 is 24.4 Å². The van der Waals surface area contributed by atoms with Crippen LogP contribution in [0, 0.1) is 0 Å². The van der Waals surface area contributed by atoms with Crippen LogP contribution in [0.2, 0.25) is 0 Å². The van der Waals surface area contributed by atoms with Gasteiger partial charge in [-0.05, 0) is 57.2 Å². The third kappa shape index (κ3) is 5.46. The van der Waals surface area contributed by atoms with Crippen LogP contribution in [-0.2, 0) is 9.53 Å². The van der Waals surface area contributed by atoms with Crippen molar-refractivity contribution < 1.29 is 28.2 Å². The smallest absolute Gasteiger partial charge is 0.338 e. The molecular weight excluding hydrogens is 582 g/mol. The lowest BCUT2D eigenvalue weighted by atomic mass is 9.93. The lowest BCUT2D eigenvalue weighted by Gasteiger charge is -2.30. The van der Waals surface area contributed by atoms with E-state index in [9.17, 15) is 14.4 Å². The minimum Gasteiger partial charge on any atom is -0.497 e. The quantitative estimate of drug-likeness (QED) is 0.260. The summed E-state index contributed by atoms with van der Waals surface area (Å²) in [6, 6.07) is 14.9. The van der Waals surface area contributed by atoms with Gasteiger partial charge in [-0.3, -0.25) is 14.2 Å². The molecule has 3 heterocycles. The minimum atomic E-state index is -0.814. The molecule has 5 rings (SSSR count). The maximum atomic E-state index is 14.2. The molecule has 4 aromatic rings. The van der Waals surface area contributed by atoms with Gasteiger partial charge in [0.25, 0.3) is 11.5 Å². The van der Waals surface area contributed by atoms with E-state index in [0.29, 0.717) is 73.4 Å². The van der Waals surface area contributed by atoms with E-state index >= 15 is 0 Å². The highest BCUT2D eigenvalue weighted by Crippen LogP contribution is 2.38. The number of carbonyl (C=O) groups is 2. The molecule has 10 nitrogen and oxygen atoms in total. The first kappa shape index (κ1) is 30.6. The number of furan rings is 1. The molecule has 11 heteroatoms. The second kappa shape index (κ2) is 12.8. The Morgan fingerprint density at radius 1 is 1.05 bits per heavy atom. The van der Waals surface area contributed by atoms with Gasteiger partial charge in [-0.15, -0.1) is 0 Å². The number of hydrogen-bond donors (Lipinski definition) is 0. The van der Waals surface area contributed by atoms with Crippen molar-refractivity contribution in [3.63, 3.8) is 0 Å². The van der Waals surface area contributed by atoms with Crippen LogP contribution in [0.4, 0.5) is 0 Å². The first-order chi connectivity index (χ1) is 21.3. The normalized spacial score (nSPS) is 14.6. The third-order valence-corrected chi connectivity index (χ3v) is 8.52. The summed E-state index contributed by atoms with van der Waals surface area (Å²) in [7, 11) is 4.43. The van der Waals surface area contributed by atoms with Crippen LogP contribution in [0.1, 0.15) is 48.5 Å². The van der Waals surface area contributed by atoms with E-state index in [-0.39, 0.29) is 11.5 Å². The molecule has 0 N–H and O–H groups in total. The van der Waals surface area contributed by atoms with Crippen LogP contribution in [0.5, 0.6) is 11.5 Å². The number of likely N-dealkylation sites (N-methyl/N-ethyl adjacent to an activating group) is 1. The summed E-state index contributed by atoms with van der Waals surface area (Å²) in [5.74, 6) is 1.24. The van der Waals surface area contributed by atoms with Crippen molar-refractivity contribution in [3.8, 4) is 22.8 Å². The van der Waals surface area contributed by atoms with Crippen LogP contribution in [0.25, 0.3) is 17.4 Å². The highest BCUT2D eigenvalue weighted by molar-refractivity contribution is 7.07. The Morgan fingerprint density at radius 2 is 1.80 bits per heavy atom. The van der Waals surface area contributed by atoms with Gasteiger partial charge in [0.2, 0.25) is 0 Å². The number of rotatable bonds is 9. The van der Waals surface area contributed by atoms with E-state index < -0.39 is 12.0 Å². The fourth-order valence-corrected chi connectivity index (χ4v) is 6.34. The van der Waals surface area contributed by atoms with Crippen molar-refractivity contribution in [1.82, 2.24) is 9.47 Å². The van der Waals surface area contributed by atoms with E-state index in [1.54, 1.807) is 86.7 Å². The predicted molar refractivity (Wildman–Crippen MR) is 167 cm³/mol. The monoisotopic (exact) mass is 615 g/mol. The van der Waals surface area contributed by atoms with Crippen LogP contribution in [0.3, 0.4) is 0 Å². The number of thiazole rings is 1. The van der Waals surface area contributed by atoms with Gasteiger partial charge in [0.1, 0.15) is 29.1 Å². The van der Waals surface area contributed by atoms with Gasteiger partial charge in [0, 0.05) is 30.3 Å². The predicted octanol–water partition coefficient (Wildman–Crippen LogP) is 4.17. The molecule has 2 aromatic carbocycles. The summed E-state index contributed by atoms with van der Waals surface area (Å²) in [4.78, 5) is 47.3. The van der Waals surface area contributed by atoms with Crippen molar-refractivity contribution in [2.45, 2.75) is 26.8 Å². The Labute approximate surface area is 258 Å². The standard InChI is InChI=1S/C33H33N3O7S/c1-7-35(8-2)31(38)28-19(3)34-33-36(29(28)24-17-20(40-4)13-15-25(24)41-5)30(37)27(44-33)18-21-14-16-26(43-21)22-11-9-10-12-23(22)32(39)42-6/h9-18,29H,7-8H2,1-6H3/b27-18-/t29-/m1/s1. The SMILES string of the molecule is CCN(CC)C(=O)C1=C(C)N=c2s/c(=C\c3ccc(-c4ccccc4C(=O)OC)o3)c(=O)n2[C@@H]1c1cc(OC)ccc1OC. The fourth-order valence-electron chi connectivity index (χ4n) is 5.31. The van der Waals surface area contributed by atoms with Crippen molar-refractivity contribution in [2.75, 3.05) is 34.4 Å². The third-order valence-electron chi connectivity index (χ3n) is 7.53. The number of amides is 1. The summed E-state index contributed by atoms with van der Waals surface area (Å²) in [6.45, 7) is 6.60. The zero-order valence-corrected chi connectivity index (χ0v) is 26.2. The zero-order valence-electron chi connectivity index (χ0n) is 25.4. The number of hydrogen-bond acceptors (Lipinski definition) is 9. The molecule has 44 heavy (non-hydrogen) atoms. The number of carbonyl (C=O) groups excluding carboxylic acids is 2. The molecule has 0 saturated heterocycles. The summed E-state index contributed by atoms with van der Waals surface area (Å²) < 4.78 is 24.1. The van der Waals surface area contributed by atoms with Crippen LogP contribution >= 0.6 is 11.3 Å². The zero-order chi connectivity index (χ0) is 31.5. The van der Waals surface area contributed by atoms with Gasteiger partial charge in [-0.1, -0.05) is 29.5 Å². The molecule has 1 amide bonds. The van der Waals surface area contributed by atoms with E-state index in [0.717, 1.165) is 0 Å². The van der Waals surface area contributed by atoms with E-state index in [1.165, 1.54) is 23.0 Å². The number of esters is 1.